The van der Waals surface area contributed by atoms with Crippen molar-refractivity contribution >= 4 is 11.3 Å². The van der Waals surface area contributed by atoms with Gasteiger partial charge in [0.1, 0.15) is 11.9 Å². The van der Waals surface area contributed by atoms with Crippen LogP contribution in [0.4, 0.5) is 5.69 Å². The lowest BCUT2D eigenvalue weighted by Gasteiger charge is -2.37. The van der Waals surface area contributed by atoms with E-state index in [1.54, 1.807) is 7.11 Å². The van der Waals surface area contributed by atoms with Crippen molar-refractivity contribution in [3.05, 3.63) is 53.6 Å². The zero-order valence-corrected chi connectivity index (χ0v) is 18.1. The maximum Gasteiger partial charge on any atom is 0.172 e. The molecule has 4 nitrogen and oxygen atoms in total. The Morgan fingerprint density at radius 3 is 2.66 bits per heavy atom. The van der Waals surface area contributed by atoms with E-state index in [1.165, 1.54) is 11.1 Å². The predicted molar refractivity (Wildman–Crippen MR) is 119 cm³/mol. The van der Waals surface area contributed by atoms with E-state index in [0.717, 1.165) is 39.6 Å². The number of allylic oxidation sites excluding steroid dienone is 2. The normalized spacial score (nSPS) is 18.7. The van der Waals surface area contributed by atoms with Crippen LogP contribution in [0.1, 0.15) is 51.8 Å². The number of anilines is 1. The Balaban J connectivity index is 2.03. The molecule has 0 aromatic heterocycles. The van der Waals surface area contributed by atoms with Crippen molar-refractivity contribution in [1.82, 2.24) is 0 Å². The average Bonchev–Trinajstić information content (AvgIpc) is 2.67. The molecule has 0 saturated carbocycles. The lowest BCUT2D eigenvalue weighted by molar-refractivity contribution is 0.247. The first-order valence-corrected chi connectivity index (χ1v) is 10.2. The standard InChI is InChI=1S/C25H29NO3/c1-7-9-18-22-16(10-11-17-21(22)15(3)14-25(4,5)26-17)23-19(29-18)12-13-20(28-8-2)24(23)27-6/h7,9-14,18,26H,8H2,1-6H3. The largest absolute Gasteiger partial charge is 0.492 e. The first kappa shape index (κ1) is 19.4. The Labute approximate surface area is 173 Å². The van der Waals surface area contributed by atoms with E-state index in [0.29, 0.717) is 6.61 Å². The smallest absolute Gasteiger partial charge is 0.172 e. The van der Waals surface area contributed by atoms with Crippen molar-refractivity contribution in [3.63, 3.8) is 0 Å². The van der Waals surface area contributed by atoms with Crippen LogP contribution in [-0.4, -0.2) is 19.3 Å². The first-order chi connectivity index (χ1) is 13.9. The lowest BCUT2D eigenvalue weighted by Crippen LogP contribution is -2.32. The summed E-state index contributed by atoms with van der Waals surface area (Å²) in [6.45, 7) is 11.1. The maximum atomic E-state index is 6.46. The highest BCUT2D eigenvalue weighted by Gasteiger charge is 2.34. The van der Waals surface area contributed by atoms with Crippen LogP contribution in [0, 0.1) is 0 Å². The molecule has 2 aliphatic rings. The number of hydrogen-bond acceptors (Lipinski definition) is 4. The zero-order valence-electron chi connectivity index (χ0n) is 18.1. The van der Waals surface area contributed by atoms with Crippen LogP contribution >= 0.6 is 0 Å². The van der Waals surface area contributed by atoms with Crippen molar-refractivity contribution in [2.45, 2.75) is 46.3 Å². The number of benzene rings is 2. The van der Waals surface area contributed by atoms with Crippen LogP contribution in [0.15, 0.2) is 42.5 Å². The number of fused-ring (bicyclic) bond motifs is 5. The second-order valence-corrected chi connectivity index (χ2v) is 8.09. The minimum Gasteiger partial charge on any atom is -0.492 e. The summed E-state index contributed by atoms with van der Waals surface area (Å²) < 4.78 is 18.1. The van der Waals surface area contributed by atoms with Crippen molar-refractivity contribution in [1.29, 1.82) is 0 Å². The summed E-state index contributed by atoms with van der Waals surface area (Å²) in [5, 5.41) is 3.65. The van der Waals surface area contributed by atoms with E-state index in [9.17, 15) is 0 Å². The van der Waals surface area contributed by atoms with Crippen LogP contribution in [0.2, 0.25) is 0 Å². The Kier molecular flexibility index (Phi) is 4.81. The molecule has 2 heterocycles. The van der Waals surface area contributed by atoms with Gasteiger partial charge in [0.15, 0.2) is 11.5 Å². The molecule has 0 radical (unpaired) electrons. The summed E-state index contributed by atoms with van der Waals surface area (Å²) >= 11 is 0. The highest BCUT2D eigenvalue weighted by atomic mass is 16.5. The van der Waals surface area contributed by atoms with Crippen LogP contribution in [-0.2, 0) is 0 Å². The molecule has 0 spiro atoms. The van der Waals surface area contributed by atoms with Gasteiger partial charge in [-0.2, -0.15) is 0 Å². The summed E-state index contributed by atoms with van der Waals surface area (Å²) in [5.74, 6) is 2.26. The van der Waals surface area contributed by atoms with Crippen molar-refractivity contribution in [2.24, 2.45) is 0 Å². The fourth-order valence-corrected chi connectivity index (χ4v) is 4.54. The summed E-state index contributed by atoms with van der Waals surface area (Å²) in [7, 11) is 1.68. The summed E-state index contributed by atoms with van der Waals surface area (Å²) in [6, 6.07) is 8.24. The third kappa shape index (κ3) is 3.17. The van der Waals surface area contributed by atoms with Crippen LogP contribution in [0.5, 0.6) is 17.2 Å². The van der Waals surface area contributed by atoms with Crippen LogP contribution in [0.3, 0.4) is 0 Å². The second-order valence-electron chi connectivity index (χ2n) is 8.09. The molecule has 1 atom stereocenters. The molecule has 4 rings (SSSR count). The van der Waals surface area contributed by atoms with Gasteiger partial charge in [-0.3, -0.25) is 0 Å². The van der Waals surface area contributed by atoms with Crippen molar-refractivity contribution in [3.8, 4) is 28.4 Å². The Morgan fingerprint density at radius 1 is 1.17 bits per heavy atom. The van der Waals surface area contributed by atoms with Gasteiger partial charge in [0.2, 0.25) is 0 Å². The number of methoxy groups -OCH3 is 1. The Hall–Kier alpha value is -2.88. The third-order valence-electron chi connectivity index (χ3n) is 5.44. The monoisotopic (exact) mass is 391 g/mol. The highest BCUT2D eigenvalue weighted by molar-refractivity contribution is 5.92. The highest BCUT2D eigenvalue weighted by Crippen LogP contribution is 2.54. The minimum absolute atomic E-state index is 0.0886. The molecule has 152 valence electrons. The number of hydrogen-bond donors (Lipinski definition) is 1. The summed E-state index contributed by atoms with van der Waals surface area (Å²) in [6.07, 6.45) is 6.28. The van der Waals surface area contributed by atoms with Gasteiger partial charge in [-0.15, -0.1) is 0 Å². The topological polar surface area (TPSA) is 39.7 Å². The zero-order chi connectivity index (χ0) is 20.8. The van der Waals surface area contributed by atoms with Gasteiger partial charge in [-0.25, -0.2) is 0 Å². The SMILES string of the molecule is CC=CC1Oc2ccc(OCC)c(OC)c2-c2ccc3c(c21)C(C)=CC(C)(C)N3. The lowest BCUT2D eigenvalue weighted by atomic mass is 9.81. The molecule has 2 aromatic rings. The van der Waals surface area contributed by atoms with Crippen LogP contribution in [0.25, 0.3) is 16.7 Å². The number of ether oxygens (including phenoxy) is 3. The molecule has 1 unspecified atom stereocenters. The van der Waals surface area contributed by atoms with E-state index in [2.05, 4.69) is 50.4 Å². The fourth-order valence-electron chi connectivity index (χ4n) is 4.54. The van der Waals surface area contributed by atoms with E-state index >= 15 is 0 Å². The first-order valence-electron chi connectivity index (χ1n) is 10.2. The van der Waals surface area contributed by atoms with Crippen molar-refractivity contribution in [2.75, 3.05) is 19.0 Å². The van der Waals surface area contributed by atoms with Gasteiger partial charge in [0.25, 0.3) is 0 Å². The van der Waals surface area contributed by atoms with Gasteiger partial charge < -0.3 is 19.5 Å². The van der Waals surface area contributed by atoms with Gasteiger partial charge in [-0.05, 0) is 70.0 Å². The second kappa shape index (κ2) is 7.18. The Bertz CT molecular complexity index is 1020. The molecule has 0 aliphatic carbocycles. The quantitative estimate of drug-likeness (QED) is 0.614. The van der Waals surface area contributed by atoms with Gasteiger partial charge >= 0.3 is 0 Å². The third-order valence-corrected chi connectivity index (χ3v) is 5.44. The van der Waals surface area contributed by atoms with E-state index in [4.69, 9.17) is 14.2 Å². The van der Waals surface area contributed by atoms with Crippen molar-refractivity contribution < 1.29 is 14.2 Å². The predicted octanol–water partition coefficient (Wildman–Crippen LogP) is 6.38. The number of rotatable bonds is 4. The molecule has 2 aliphatic heterocycles. The molecule has 0 amide bonds. The average molecular weight is 392 g/mol. The maximum absolute atomic E-state index is 6.46. The molecule has 1 N–H and O–H groups in total. The molecule has 0 saturated heterocycles. The Morgan fingerprint density at radius 2 is 1.97 bits per heavy atom. The summed E-state index contributed by atoms with van der Waals surface area (Å²) in [4.78, 5) is 0. The molecule has 4 heteroatoms. The molecule has 0 bridgehead atoms. The molecule has 29 heavy (non-hydrogen) atoms. The molecule has 2 aromatic carbocycles. The van der Waals surface area contributed by atoms with E-state index in [-0.39, 0.29) is 11.6 Å². The van der Waals surface area contributed by atoms with Gasteiger partial charge in [0.05, 0.1) is 24.8 Å². The fraction of sp³-hybridized carbons (Fsp3) is 0.360. The van der Waals surface area contributed by atoms with E-state index in [1.807, 2.05) is 32.1 Å². The van der Waals surface area contributed by atoms with E-state index < -0.39 is 0 Å². The summed E-state index contributed by atoms with van der Waals surface area (Å²) in [5.41, 5.74) is 6.75. The minimum atomic E-state index is -0.161. The molecular weight excluding hydrogens is 362 g/mol. The number of nitrogens with one attached hydrogen (secondary N) is 1. The molecule has 0 fully saturated rings. The van der Waals surface area contributed by atoms with Crippen LogP contribution < -0.4 is 19.5 Å². The van der Waals surface area contributed by atoms with Gasteiger partial charge in [-0.1, -0.05) is 18.2 Å². The molecular formula is C25H29NO3. The van der Waals surface area contributed by atoms with Gasteiger partial charge in [0, 0.05) is 16.8 Å².